The van der Waals surface area contributed by atoms with E-state index in [4.69, 9.17) is 0 Å². The van der Waals surface area contributed by atoms with Gasteiger partial charge in [0, 0.05) is 19.5 Å². The Morgan fingerprint density at radius 3 is 2.58 bits per heavy atom. The Bertz CT molecular complexity index is 642. The predicted molar refractivity (Wildman–Crippen MR) is 67.1 cm³/mol. The number of imidazole rings is 1. The first-order chi connectivity index (χ1) is 9.04. The van der Waals surface area contributed by atoms with Crippen LogP contribution in [0.4, 0.5) is 8.78 Å². The van der Waals surface area contributed by atoms with Gasteiger partial charge in [0.1, 0.15) is 23.2 Å². The van der Waals surface area contributed by atoms with E-state index >= 15 is 0 Å². The van der Waals surface area contributed by atoms with Crippen molar-refractivity contribution in [2.45, 2.75) is 6.92 Å². The van der Waals surface area contributed by atoms with Crippen molar-refractivity contribution in [2.24, 2.45) is 12.0 Å². The molecule has 0 bridgehead atoms. The third-order valence-electron chi connectivity index (χ3n) is 2.53. The van der Waals surface area contributed by atoms with E-state index < -0.39 is 17.5 Å². The van der Waals surface area contributed by atoms with E-state index in [2.05, 4.69) is 9.98 Å². The normalized spacial score (nSPS) is 11.2. The van der Waals surface area contributed by atoms with Gasteiger partial charge in [0.2, 0.25) is 0 Å². The van der Waals surface area contributed by atoms with Crippen molar-refractivity contribution in [1.29, 1.82) is 0 Å². The summed E-state index contributed by atoms with van der Waals surface area (Å²) in [6.45, 7) is 1.60. The van der Waals surface area contributed by atoms with Crippen LogP contribution in [0.3, 0.4) is 0 Å². The molecule has 6 heteroatoms. The fourth-order valence-corrected chi connectivity index (χ4v) is 1.70. The largest absolute Gasteiger partial charge is 0.333 e. The summed E-state index contributed by atoms with van der Waals surface area (Å²) in [6.07, 6.45) is 2.72. The predicted octanol–water partition coefficient (Wildman–Crippen LogP) is 2.60. The SMILES string of the molecule is C/C=N\C(=O)c1cn(C)c(-c2c(F)cccc2F)n1. The number of aryl methyl sites for hydroxylation is 1. The quantitative estimate of drug-likeness (QED) is 0.782. The first kappa shape index (κ1) is 13.1. The molecule has 2 rings (SSSR count). The van der Waals surface area contributed by atoms with Crippen LogP contribution in [0.5, 0.6) is 0 Å². The molecule has 0 fully saturated rings. The van der Waals surface area contributed by atoms with E-state index in [1.165, 1.54) is 23.0 Å². The summed E-state index contributed by atoms with van der Waals surface area (Å²) in [5.41, 5.74) is -0.220. The lowest BCUT2D eigenvalue weighted by Crippen LogP contribution is -1.97. The molecule has 0 atom stereocenters. The lowest BCUT2D eigenvalue weighted by molar-refractivity contribution is 0.0999. The van der Waals surface area contributed by atoms with E-state index in [9.17, 15) is 13.6 Å². The summed E-state index contributed by atoms with van der Waals surface area (Å²) in [7, 11) is 1.56. The van der Waals surface area contributed by atoms with Gasteiger partial charge in [-0.1, -0.05) is 6.07 Å². The van der Waals surface area contributed by atoms with Crippen LogP contribution in [-0.2, 0) is 7.05 Å². The van der Waals surface area contributed by atoms with Crippen molar-refractivity contribution < 1.29 is 13.6 Å². The number of carbonyl (C=O) groups is 1. The molecule has 2 aromatic rings. The molecule has 0 aliphatic heterocycles. The second-order valence-corrected chi connectivity index (χ2v) is 3.85. The van der Waals surface area contributed by atoms with Crippen molar-refractivity contribution in [3.63, 3.8) is 0 Å². The van der Waals surface area contributed by atoms with Crippen molar-refractivity contribution >= 4 is 12.1 Å². The summed E-state index contributed by atoms with van der Waals surface area (Å²) in [5, 5.41) is 0. The number of aliphatic imine (C=N–C) groups is 1. The van der Waals surface area contributed by atoms with Crippen LogP contribution in [0.15, 0.2) is 29.4 Å². The maximum absolute atomic E-state index is 13.7. The highest BCUT2D eigenvalue weighted by atomic mass is 19.1. The molecule has 1 aromatic carbocycles. The van der Waals surface area contributed by atoms with Gasteiger partial charge in [0.15, 0.2) is 0 Å². The molecular weight excluding hydrogens is 252 g/mol. The fourth-order valence-electron chi connectivity index (χ4n) is 1.70. The molecule has 19 heavy (non-hydrogen) atoms. The number of carbonyl (C=O) groups excluding carboxylic acids is 1. The van der Waals surface area contributed by atoms with Gasteiger partial charge in [-0.15, -0.1) is 0 Å². The van der Waals surface area contributed by atoms with Gasteiger partial charge in [-0.25, -0.2) is 18.8 Å². The summed E-state index contributed by atoms with van der Waals surface area (Å²) in [4.78, 5) is 19.1. The lowest BCUT2D eigenvalue weighted by Gasteiger charge is -2.03. The molecule has 0 unspecified atom stereocenters. The summed E-state index contributed by atoms with van der Waals surface area (Å²) in [5.74, 6) is -1.97. The van der Waals surface area contributed by atoms with Gasteiger partial charge < -0.3 is 4.57 Å². The molecule has 0 radical (unpaired) electrons. The minimum absolute atomic E-state index is 0.0400. The number of hydrogen-bond acceptors (Lipinski definition) is 2. The number of halogens is 2. The number of hydrogen-bond donors (Lipinski definition) is 0. The minimum Gasteiger partial charge on any atom is -0.333 e. The van der Waals surface area contributed by atoms with Gasteiger partial charge in [0.25, 0.3) is 5.91 Å². The van der Waals surface area contributed by atoms with Crippen LogP contribution in [0, 0.1) is 11.6 Å². The van der Waals surface area contributed by atoms with Crippen LogP contribution >= 0.6 is 0 Å². The zero-order valence-electron chi connectivity index (χ0n) is 10.4. The van der Waals surface area contributed by atoms with Gasteiger partial charge in [-0.2, -0.15) is 0 Å². The standard InChI is InChI=1S/C13H11F2N3O/c1-3-16-13(19)10-7-18(2)12(17-10)11-8(14)5-4-6-9(11)15/h3-7H,1-2H3/b16-3-. The highest BCUT2D eigenvalue weighted by Gasteiger charge is 2.18. The fraction of sp³-hybridized carbons (Fsp3) is 0.154. The maximum atomic E-state index is 13.7. The Morgan fingerprint density at radius 2 is 2.00 bits per heavy atom. The molecule has 1 heterocycles. The first-order valence-corrected chi connectivity index (χ1v) is 5.55. The second-order valence-electron chi connectivity index (χ2n) is 3.85. The van der Waals surface area contributed by atoms with Crippen LogP contribution in [0.25, 0.3) is 11.4 Å². The highest BCUT2D eigenvalue weighted by molar-refractivity contribution is 5.97. The summed E-state index contributed by atoms with van der Waals surface area (Å²) < 4.78 is 28.7. The number of aromatic nitrogens is 2. The minimum atomic E-state index is -0.730. The Balaban J connectivity index is 2.55. The number of amides is 1. The second kappa shape index (κ2) is 5.09. The molecule has 0 aliphatic carbocycles. The van der Waals surface area contributed by atoms with E-state index in [0.29, 0.717) is 0 Å². The van der Waals surface area contributed by atoms with Crippen molar-refractivity contribution in [3.8, 4) is 11.4 Å². The molecule has 0 aliphatic rings. The van der Waals surface area contributed by atoms with Gasteiger partial charge in [0.05, 0.1) is 5.56 Å². The average molecular weight is 263 g/mol. The Morgan fingerprint density at radius 1 is 1.37 bits per heavy atom. The summed E-state index contributed by atoms with van der Waals surface area (Å²) >= 11 is 0. The van der Waals surface area contributed by atoms with Crippen LogP contribution < -0.4 is 0 Å². The van der Waals surface area contributed by atoms with E-state index in [1.54, 1.807) is 14.0 Å². The smallest absolute Gasteiger partial charge is 0.296 e. The summed E-state index contributed by atoms with van der Waals surface area (Å²) in [6, 6.07) is 3.54. The van der Waals surface area contributed by atoms with Gasteiger partial charge in [-0.05, 0) is 19.1 Å². The monoisotopic (exact) mass is 263 g/mol. The molecule has 4 nitrogen and oxygen atoms in total. The Hall–Kier alpha value is -2.37. The van der Waals surface area contributed by atoms with Crippen molar-refractivity contribution in [2.75, 3.05) is 0 Å². The molecule has 98 valence electrons. The van der Waals surface area contributed by atoms with Crippen molar-refractivity contribution in [1.82, 2.24) is 9.55 Å². The van der Waals surface area contributed by atoms with Gasteiger partial charge >= 0.3 is 0 Å². The zero-order valence-corrected chi connectivity index (χ0v) is 10.4. The van der Waals surface area contributed by atoms with E-state index in [1.807, 2.05) is 0 Å². The Labute approximate surface area is 108 Å². The number of benzene rings is 1. The highest BCUT2D eigenvalue weighted by Crippen LogP contribution is 2.24. The molecule has 0 spiro atoms. The molecule has 0 N–H and O–H groups in total. The maximum Gasteiger partial charge on any atom is 0.296 e. The van der Waals surface area contributed by atoms with Crippen LogP contribution in [0.2, 0.25) is 0 Å². The third kappa shape index (κ3) is 2.42. The van der Waals surface area contributed by atoms with E-state index in [0.717, 1.165) is 12.1 Å². The number of rotatable bonds is 2. The molecule has 1 aromatic heterocycles. The van der Waals surface area contributed by atoms with Crippen LogP contribution in [0.1, 0.15) is 17.4 Å². The zero-order chi connectivity index (χ0) is 14.0. The first-order valence-electron chi connectivity index (χ1n) is 5.55. The lowest BCUT2D eigenvalue weighted by atomic mass is 10.2. The van der Waals surface area contributed by atoms with Crippen molar-refractivity contribution in [3.05, 3.63) is 41.7 Å². The van der Waals surface area contributed by atoms with E-state index in [-0.39, 0.29) is 17.1 Å². The third-order valence-corrected chi connectivity index (χ3v) is 2.53. The Kier molecular flexibility index (Phi) is 3.50. The van der Waals surface area contributed by atoms with Crippen LogP contribution in [-0.4, -0.2) is 21.7 Å². The molecule has 1 amide bonds. The average Bonchev–Trinajstić information content (AvgIpc) is 2.72. The molecule has 0 saturated heterocycles. The molecule has 0 saturated carbocycles. The molecular formula is C13H11F2N3O. The topological polar surface area (TPSA) is 47.2 Å². The van der Waals surface area contributed by atoms with Gasteiger partial charge in [-0.3, -0.25) is 4.79 Å². The number of nitrogens with zero attached hydrogens (tertiary/aromatic N) is 3.